The van der Waals surface area contributed by atoms with E-state index in [-0.39, 0.29) is 6.04 Å². The summed E-state index contributed by atoms with van der Waals surface area (Å²) in [6.07, 6.45) is 2.67. The third-order valence-electron chi connectivity index (χ3n) is 3.13. The molecule has 1 saturated carbocycles. The van der Waals surface area contributed by atoms with E-state index in [4.69, 9.17) is 5.73 Å². The second-order valence-electron chi connectivity index (χ2n) is 4.51. The highest BCUT2D eigenvalue weighted by molar-refractivity contribution is 9.10. The second-order valence-corrected chi connectivity index (χ2v) is 5.37. The smallest absolute Gasteiger partial charge is 0.0380 e. The highest BCUT2D eigenvalue weighted by Gasteiger charge is 2.28. The van der Waals surface area contributed by atoms with E-state index < -0.39 is 0 Å². The monoisotopic (exact) mass is 282 g/mol. The van der Waals surface area contributed by atoms with E-state index in [0.29, 0.717) is 0 Å². The Morgan fingerprint density at radius 1 is 1.50 bits per heavy atom. The van der Waals surface area contributed by atoms with Crippen molar-refractivity contribution in [2.75, 3.05) is 11.4 Å². The molecule has 1 aliphatic carbocycles. The zero-order valence-electron chi connectivity index (χ0n) is 9.91. The summed E-state index contributed by atoms with van der Waals surface area (Å²) < 4.78 is 1.12. The Labute approximate surface area is 106 Å². The molecule has 1 atom stereocenters. The van der Waals surface area contributed by atoms with Crippen LogP contribution in [0.25, 0.3) is 0 Å². The van der Waals surface area contributed by atoms with Crippen molar-refractivity contribution >= 4 is 21.6 Å². The molecule has 0 spiro atoms. The Morgan fingerprint density at radius 2 is 2.19 bits per heavy atom. The van der Waals surface area contributed by atoms with Crippen LogP contribution in [0.3, 0.4) is 0 Å². The topological polar surface area (TPSA) is 29.3 Å². The molecule has 1 unspecified atom stereocenters. The van der Waals surface area contributed by atoms with Gasteiger partial charge in [0, 0.05) is 28.8 Å². The van der Waals surface area contributed by atoms with Gasteiger partial charge in [0.15, 0.2) is 0 Å². The van der Waals surface area contributed by atoms with Crippen molar-refractivity contribution in [2.24, 2.45) is 5.73 Å². The van der Waals surface area contributed by atoms with Crippen molar-refractivity contribution in [3.05, 3.63) is 28.2 Å². The molecule has 0 bridgehead atoms. The number of rotatable bonds is 4. The fourth-order valence-electron chi connectivity index (χ4n) is 2.10. The molecule has 0 aromatic heterocycles. The van der Waals surface area contributed by atoms with Gasteiger partial charge in [-0.1, -0.05) is 22.0 Å². The molecule has 0 amide bonds. The van der Waals surface area contributed by atoms with Crippen LogP contribution in [-0.2, 0) is 0 Å². The minimum Gasteiger partial charge on any atom is -0.369 e. The van der Waals surface area contributed by atoms with E-state index in [1.54, 1.807) is 0 Å². The number of anilines is 1. The van der Waals surface area contributed by atoms with Gasteiger partial charge in [0.2, 0.25) is 0 Å². The number of hydrogen-bond acceptors (Lipinski definition) is 2. The summed E-state index contributed by atoms with van der Waals surface area (Å²) >= 11 is 3.61. The molecule has 1 aromatic carbocycles. The molecule has 16 heavy (non-hydrogen) atoms. The Bertz CT molecular complexity index is 372. The summed E-state index contributed by atoms with van der Waals surface area (Å²) in [5, 5.41) is 0. The Morgan fingerprint density at radius 3 is 2.62 bits per heavy atom. The number of nitrogens with two attached hydrogens (primary N) is 1. The minimum absolute atomic E-state index is 0.0828. The van der Waals surface area contributed by atoms with Gasteiger partial charge in [-0.15, -0.1) is 0 Å². The van der Waals surface area contributed by atoms with Crippen LogP contribution in [0.2, 0.25) is 0 Å². The van der Waals surface area contributed by atoms with Gasteiger partial charge in [0.1, 0.15) is 0 Å². The summed E-state index contributed by atoms with van der Waals surface area (Å²) in [4.78, 5) is 2.47. The van der Waals surface area contributed by atoms with Crippen LogP contribution in [0, 0.1) is 0 Å². The lowest BCUT2D eigenvalue weighted by molar-refractivity contribution is 0.804. The fraction of sp³-hybridized carbons (Fsp3) is 0.538. The fourth-order valence-corrected chi connectivity index (χ4v) is 2.83. The van der Waals surface area contributed by atoms with Crippen LogP contribution in [0.5, 0.6) is 0 Å². The molecule has 1 aromatic rings. The molecule has 3 heteroatoms. The molecular formula is C13H19BrN2. The maximum absolute atomic E-state index is 5.90. The van der Waals surface area contributed by atoms with Crippen LogP contribution < -0.4 is 10.6 Å². The molecular weight excluding hydrogens is 264 g/mol. The van der Waals surface area contributed by atoms with Gasteiger partial charge in [0.05, 0.1) is 0 Å². The lowest BCUT2D eigenvalue weighted by Crippen LogP contribution is -2.25. The minimum atomic E-state index is 0.0828. The predicted octanol–water partition coefficient (Wildman–Crippen LogP) is 3.46. The van der Waals surface area contributed by atoms with Crippen LogP contribution >= 0.6 is 15.9 Å². The van der Waals surface area contributed by atoms with Crippen molar-refractivity contribution in [1.29, 1.82) is 0 Å². The number of nitrogens with zero attached hydrogens (tertiary/aromatic N) is 1. The van der Waals surface area contributed by atoms with Crippen molar-refractivity contribution in [3.8, 4) is 0 Å². The van der Waals surface area contributed by atoms with E-state index in [0.717, 1.165) is 17.1 Å². The van der Waals surface area contributed by atoms with Crippen molar-refractivity contribution in [1.82, 2.24) is 0 Å². The Hall–Kier alpha value is -0.540. The molecule has 0 saturated heterocycles. The van der Waals surface area contributed by atoms with Crippen molar-refractivity contribution in [2.45, 2.75) is 38.8 Å². The zero-order chi connectivity index (χ0) is 11.7. The average molecular weight is 283 g/mol. The van der Waals surface area contributed by atoms with Crippen LogP contribution in [-0.4, -0.2) is 12.6 Å². The third kappa shape index (κ3) is 2.41. The number of benzene rings is 1. The van der Waals surface area contributed by atoms with Crippen molar-refractivity contribution in [3.63, 3.8) is 0 Å². The summed E-state index contributed by atoms with van der Waals surface area (Å²) in [7, 11) is 0. The first-order valence-electron chi connectivity index (χ1n) is 5.95. The van der Waals surface area contributed by atoms with Gasteiger partial charge < -0.3 is 10.6 Å². The molecule has 0 radical (unpaired) electrons. The lowest BCUT2D eigenvalue weighted by Gasteiger charge is -2.24. The normalized spacial score (nSPS) is 17.2. The van der Waals surface area contributed by atoms with Gasteiger partial charge in [0.25, 0.3) is 0 Å². The summed E-state index contributed by atoms with van der Waals surface area (Å²) in [5.41, 5.74) is 8.38. The predicted molar refractivity (Wildman–Crippen MR) is 72.8 cm³/mol. The molecule has 88 valence electrons. The zero-order valence-corrected chi connectivity index (χ0v) is 11.5. The van der Waals surface area contributed by atoms with Crippen LogP contribution in [0.4, 0.5) is 5.69 Å². The molecule has 1 aliphatic rings. The van der Waals surface area contributed by atoms with Gasteiger partial charge in [-0.3, -0.25) is 0 Å². The standard InChI is InChI=1S/C13H19BrN2/c1-3-16(10-4-5-10)11-6-7-12(9(2)15)13(14)8-11/h6-10H,3-5,15H2,1-2H3. The highest BCUT2D eigenvalue weighted by atomic mass is 79.9. The number of hydrogen-bond donors (Lipinski definition) is 1. The Balaban J connectivity index is 2.25. The molecule has 0 heterocycles. The number of halogens is 1. The van der Waals surface area contributed by atoms with Gasteiger partial charge in [-0.2, -0.15) is 0 Å². The van der Waals surface area contributed by atoms with Crippen LogP contribution in [0.1, 0.15) is 38.3 Å². The van der Waals surface area contributed by atoms with E-state index in [1.165, 1.54) is 24.1 Å². The molecule has 2 rings (SSSR count). The van der Waals surface area contributed by atoms with E-state index in [2.05, 4.69) is 46.0 Å². The lowest BCUT2D eigenvalue weighted by atomic mass is 10.1. The van der Waals surface area contributed by atoms with Gasteiger partial charge in [-0.25, -0.2) is 0 Å². The summed E-state index contributed by atoms with van der Waals surface area (Å²) in [6.45, 7) is 5.30. The molecule has 0 aliphatic heterocycles. The molecule has 2 N–H and O–H groups in total. The molecule has 1 fully saturated rings. The molecule has 2 nitrogen and oxygen atoms in total. The highest BCUT2D eigenvalue weighted by Crippen LogP contribution is 2.34. The van der Waals surface area contributed by atoms with E-state index >= 15 is 0 Å². The van der Waals surface area contributed by atoms with Gasteiger partial charge >= 0.3 is 0 Å². The first-order chi connectivity index (χ1) is 7.63. The van der Waals surface area contributed by atoms with Crippen molar-refractivity contribution < 1.29 is 0 Å². The summed E-state index contributed by atoms with van der Waals surface area (Å²) in [6, 6.07) is 7.36. The summed E-state index contributed by atoms with van der Waals surface area (Å²) in [5.74, 6) is 0. The largest absolute Gasteiger partial charge is 0.369 e. The Kier molecular flexibility index (Phi) is 3.55. The van der Waals surface area contributed by atoms with Gasteiger partial charge in [-0.05, 0) is 44.4 Å². The quantitative estimate of drug-likeness (QED) is 0.917. The SMILES string of the molecule is CCN(c1ccc(C(C)N)c(Br)c1)C1CC1. The maximum Gasteiger partial charge on any atom is 0.0380 e. The first-order valence-corrected chi connectivity index (χ1v) is 6.74. The van der Waals surface area contributed by atoms with E-state index in [9.17, 15) is 0 Å². The average Bonchev–Trinajstić information content (AvgIpc) is 3.02. The first kappa shape index (κ1) is 11.9. The maximum atomic E-state index is 5.90. The third-order valence-corrected chi connectivity index (χ3v) is 3.82. The van der Waals surface area contributed by atoms with Crippen LogP contribution in [0.15, 0.2) is 22.7 Å². The second kappa shape index (κ2) is 4.76. The van der Waals surface area contributed by atoms with E-state index in [1.807, 2.05) is 6.92 Å².